The van der Waals surface area contributed by atoms with E-state index in [1.807, 2.05) is 6.92 Å². The lowest BCUT2D eigenvalue weighted by molar-refractivity contribution is 0.540. The van der Waals surface area contributed by atoms with Crippen LogP contribution >= 0.6 is 11.8 Å². The first-order chi connectivity index (χ1) is 9.63. The Bertz CT molecular complexity index is 528. The van der Waals surface area contributed by atoms with Crippen LogP contribution in [0.5, 0.6) is 0 Å². The fraction of sp³-hybridized carbons (Fsp3) is 0.615. The number of hydrogen-bond acceptors (Lipinski definition) is 5. The van der Waals surface area contributed by atoms with Gasteiger partial charge in [-0.15, -0.1) is 0 Å². The minimum Gasteiger partial charge on any atom is -0.383 e. The Morgan fingerprint density at radius 1 is 1.50 bits per heavy atom. The van der Waals surface area contributed by atoms with Crippen molar-refractivity contribution in [3.8, 4) is 0 Å². The molecule has 1 atom stereocenters. The molecule has 1 fully saturated rings. The SMILES string of the molecule is CCCNc1cccnc1S(=O)(=O)NC1CCCSC1. The number of anilines is 1. The van der Waals surface area contributed by atoms with Gasteiger partial charge in [0.1, 0.15) is 0 Å². The molecule has 0 spiro atoms. The number of hydrogen-bond donors (Lipinski definition) is 2. The Kier molecular flexibility index (Phi) is 5.68. The molecule has 1 saturated heterocycles. The summed E-state index contributed by atoms with van der Waals surface area (Å²) in [5, 5.41) is 3.22. The monoisotopic (exact) mass is 315 g/mol. The second kappa shape index (κ2) is 7.28. The Morgan fingerprint density at radius 2 is 2.35 bits per heavy atom. The highest BCUT2D eigenvalue weighted by Gasteiger charge is 2.25. The Balaban J connectivity index is 2.15. The summed E-state index contributed by atoms with van der Waals surface area (Å²) in [4.78, 5) is 4.05. The van der Waals surface area contributed by atoms with Crippen molar-refractivity contribution < 1.29 is 8.42 Å². The van der Waals surface area contributed by atoms with E-state index in [0.29, 0.717) is 5.69 Å². The second-order valence-electron chi connectivity index (χ2n) is 4.82. The first-order valence-corrected chi connectivity index (χ1v) is 9.56. The maximum atomic E-state index is 12.5. The van der Waals surface area contributed by atoms with Gasteiger partial charge in [-0.1, -0.05) is 6.92 Å². The lowest BCUT2D eigenvalue weighted by atomic mass is 10.2. The van der Waals surface area contributed by atoms with E-state index in [4.69, 9.17) is 0 Å². The smallest absolute Gasteiger partial charge is 0.260 e. The van der Waals surface area contributed by atoms with Gasteiger partial charge in [0, 0.05) is 24.5 Å². The molecule has 112 valence electrons. The first-order valence-electron chi connectivity index (χ1n) is 6.92. The highest BCUT2D eigenvalue weighted by molar-refractivity contribution is 7.99. The summed E-state index contributed by atoms with van der Waals surface area (Å²) in [6, 6.07) is 3.51. The van der Waals surface area contributed by atoms with Crippen molar-refractivity contribution in [3.63, 3.8) is 0 Å². The van der Waals surface area contributed by atoms with Gasteiger partial charge in [-0.2, -0.15) is 11.8 Å². The van der Waals surface area contributed by atoms with Gasteiger partial charge in [0.15, 0.2) is 5.03 Å². The molecule has 0 radical (unpaired) electrons. The summed E-state index contributed by atoms with van der Waals surface area (Å²) in [6.07, 6.45) is 4.40. The van der Waals surface area contributed by atoms with Crippen LogP contribution in [0.3, 0.4) is 0 Å². The molecule has 1 aromatic rings. The maximum Gasteiger partial charge on any atom is 0.260 e. The van der Waals surface area contributed by atoms with Crippen molar-refractivity contribution in [2.24, 2.45) is 0 Å². The van der Waals surface area contributed by atoms with Crippen LogP contribution in [-0.4, -0.2) is 37.5 Å². The molecule has 2 N–H and O–H groups in total. The molecule has 1 aromatic heterocycles. The molecule has 1 aliphatic rings. The fourth-order valence-corrected chi connectivity index (χ4v) is 4.67. The number of aromatic nitrogens is 1. The largest absolute Gasteiger partial charge is 0.383 e. The molecule has 20 heavy (non-hydrogen) atoms. The summed E-state index contributed by atoms with van der Waals surface area (Å²) >= 11 is 1.79. The molecule has 0 amide bonds. The van der Waals surface area contributed by atoms with Crippen molar-refractivity contribution in [2.75, 3.05) is 23.4 Å². The Labute approximate surface area is 125 Å². The van der Waals surface area contributed by atoms with Crippen molar-refractivity contribution in [3.05, 3.63) is 18.3 Å². The summed E-state index contributed by atoms with van der Waals surface area (Å²) < 4.78 is 27.7. The van der Waals surface area contributed by atoms with Gasteiger partial charge in [0.2, 0.25) is 0 Å². The molecule has 1 aliphatic heterocycles. The molecular weight excluding hydrogens is 294 g/mol. The third kappa shape index (κ3) is 4.10. The lowest BCUT2D eigenvalue weighted by Gasteiger charge is -2.22. The van der Waals surface area contributed by atoms with E-state index in [1.165, 1.54) is 6.20 Å². The van der Waals surface area contributed by atoms with E-state index >= 15 is 0 Å². The number of rotatable bonds is 6. The van der Waals surface area contributed by atoms with Crippen LogP contribution < -0.4 is 10.0 Å². The molecule has 0 aromatic carbocycles. The number of pyridine rings is 1. The van der Waals surface area contributed by atoms with Crippen LogP contribution in [0, 0.1) is 0 Å². The normalized spacial score (nSPS) is 19.8. The summed E-state index contributed by atoms with van der Waals surface area (Å²) in [6.45, 7) is 2.77. The van der Waals surface area contributed by atoms with Crippen LogP contribution in [-0.2, 0) is 10.0 Å². The molecule has 2 rings (SSSR count). The molecule has 0 saturated carbocycles. The predicted molar refractivity (Wildman–Crippen MR) is 83.7 cm³/mol. The van der Waals surface area contributed by atoms with Crippen LogP contribution in [0.4, 0.5) is 5.69 Å². The topological polar surface area (TPSA) is 71.1 Å². The Hall–Kier alpha value is -0.790. The number of sulfonamides is 1. The van der Waals surface area contributed by atoms with Crippen molar-refractivity contribution >= 4 is 27.5 Å². The molecule has 2 heterocycles. The molecule has 7 heteroatoms. The van der Waals surface area contributed by atoms with E-state index in [0.717, 1.165) is 37.3 Å². The third-order valence-electron chi connectivity index (χ3n) is 3.07. The van der Waals surface area contributed by atoms with Crippen molar-refractivity contribution in [2.45, 2.75) is 37.3 Å². The zero-order chi connectivity index (χ0) is 14.4. The Morgan fingerprint density at radius 3 is 3.05 bits per heavy atom. The fourth-order valence-electron chi connectivity index (χ4n) is 2.11. The van der Waals surface area contributed by atoms with E-state index in [1.54, 1.807) is 23.9 Å². The highest BCUT2D eigenvalue weighted by Crippen LogP contribution is 2.22. The van der Waals surface area contributed by atoms with Crippen LogP contribution in [0.15, 0.2) is 23.4 Å². The molecular formula is C13H21N3O2S2. The van der Waals surface area contributed by atoms with Gasteiger partial charge >= 0.3 is 0 Å². The average molecular weight is 315 g/mol. The van der Waals surface area contributed by atoms with Gasteiger partial charge < -0.3 is 5.32 Å². The van der Waals surface area contributed by atoms with E-state index in [-0.39, 0.29) is 11.1 Å². The van der Waals surface area contributed by atoms with Gasteiger partial charge in [0.05, 0.1) is 5.69 Å². The highest BCUT2D eigenvalue weighted by atomic mass is 32.2. The van der Waals surface area contributed by atoms with E-state index in [9.17, 15) is 8.42 Å². The van der Waals surface area contributed by atoms with E-state index in [2.05, 4.69) is 15.0 Å². The number of nitrogens with zero attached hydrogens (tertiary/aromatic N) is 1. The molecule has 0 aliphatic carbocycles. The van der Waals surface area contributed by atoms with Crippen LogP contribution in [0.25, 0.3) is 0 Å². The van der Waals surface area contributed by atoms with Gasteiger partial charge in [-0.05, 0) is 37.1 Å². The summed E-state index contributed by atoms with van der Waals surface area (Å²) in [5.41, 5.74) is 0.574. The second-order valence-corrected chi connectivity index (χ2v) is 7.60. The number of thioether (sulfide) groups is 1. The minimum absolute atomic E-state index is 0.0137. The zero-order valence-corrected chi connectivity index (χ0v) is 13.3. The predicted octanol–water partition coefficient (Wildman–Crippen LogP) is 2.08. The van der Waals surface area contributed by atoms with Crippen molar-refractivity contribution in [1.29, 1.82) is 0 Å². The molecule has 1 unspecified atom stereocenters. The average Bonchev–Trinajstić information content (AvgIpc) is 2.46. The molecule has 5 nitrogen and oxygen atoms in total. The number of nitrogens with one attached hydrogen (secondary N) is 2. The third-order valence-corrected chi connectivity index (χ3v) is 5.77. The van der Waals surface area contributed by atoms with Crippen molar-refractivity contribution in [1.82, 2.24) is 9.71 Å². The maximum absolute atomic E-state index is 12.5. The van der Waals surface area contributed by atoms with E-state index < -0.39 is 10.0 Å². The van der Waals surface area contributed by atoms with Crippen LogP contribution in [0.1, 0.15) is 26.2 Å². The van der Waals surface area contributed by atoms with Gasteiger partial charge in [-0.3, -0.25) is 0 Å². The zero-order valence-electron chi connectivity index (χ0n) is 11.6. The minimum atomic E-state index is -3.56. The van der Waals surface area contributed by atoms with Crippen LogP contribution in [0.2, 0.25) is 0 Å². The summed E-state index contributed by atoms with van der Waals surface area (Å²) in [5.74, 6) is 1.95. The molecule has 0 bridgehead atoms. The summed E-state index contributed by atoms with van der Waals surface area (Å²) in [7, 11) is -3.56. The van der Waals surface area contributed by atoms with Gasteiger partial charge in [0.25, 0.3) is 10.0 Å². The lowest BCUT2D eigenvalue weighted by Crippen LogP contribution is -2.38. The first kappa shape index (κ1) is 15.6. The standard InChI is InChI=1S/C13H21N3O2S2/c1-2-7-14-12-6-3-8-15-13(12)20(17,18)16-11-5-4-9-19-10-11/h3,6,8,11,14,16H,2,4-5,7,9-10H2,1H3. The quantitative estimate of drug-likeness (QED) is 0.841. The van der Waals surface area contributed by atoms with Gasteiger partial charge in [-0.25, -0.2) is 18.1 Å².